The van der Waals surface area contributed by atoms with E-state index < -0.39 is 5.82 Å². The van der Waals surface area contributed by atoms with E-state index >= 15 is 0 Å². The predicted octanol–water partition coefficient (Wildman–Crippen LogP) is 3.14. The summed E-state index contributed by atoms with van der Waals surface area (Å²) in [5.41, 5.74) is 0.299. The van der Waals surface area contributed by atoms with Gasteiger partial charge in [-0.15, -0.1) is 0 Å². The fourth-order valence-electron chi connectivity index (χ4n) is 1.40. The van der Waals surface area contributed by atoms with Gasteiger partial charge in [0.05, 0.1) is 16.6 Å². The van der Waals surface area contributed by atoms with Crippen LogP contribution in [0.3, 0.4) is 0 Å². The lowest BCUT2D eigenvalue weighted by Gasteiger charge is -2.03. The van der Waals surface area contributed by atoms with Crippen molar-refractivity contribution in [2.24, 2.45) is 0 Å². The average Bonchev–Trinajstić information content (AvgIpc) is 2.78. The number of rotatable bonds is 4. The maximum Gasteiger partial charge on any atom is 0.260 e. The quantitative estimate of drug-likeness (QED) is 0.942. The highest BCUT2D eigenvalue weighted by Gasteiger charge is 2.14. The minimum Gasteiger partial charge on any atom is -0.334 e. The zero-order chi connectivity index (χ0) is 13.1. The van der Waals surface area contributed by atoms with E-state index in [0.29, 0.717) is 28.4 Å². The van der Waals surface area contributed by atoms with Gasteiger partial charge in [-0.3, -0.25) is 0 Å². The summed E-state index contributed by atoms with van der Waals surface area (Å²) in [6.07, 6.45) is 0. The van der Waals surface area contributed by atoms with Crippen molar-refractivity contribution in [2.75, 3.05) is 0 Å². The maximum atomic E-state index is 13.8. The molecular weight excluding hydrogens is 301 g/mol. The zero-order valence-corrected chi connectivity index (χ0v) is 11.7. The van der Waals surface area contributed by atoms with E-state index in [9.17, 15) is 4.39 Å². The lowest BCUT2D eigenvalue weighted by Crippen LogP contribution is -2.22. The van der Waals surface area contributed by atoms with Gasteiger partial charge in [0.25, 0.3) is 5.89 Å². The lowest BCUT2D eigenvalue weighted by atomic mass is 10.2. The summed E-state index contributed by atoms with van der Waals surface area (Å²) in [5, 5.41) is 6.97. The molecule has 0 aliphatic heterocycles. The van der Waals surface area contributed by atoms with Crippen molar-refractivity contribution in [1.82, 2.24) is 15.5 Å². The van der Waals surface area contributed by atoms with Gasteiger partial charge in [-0.2, -0.15) is 4.98 Å². The minimum absolute atomic E-state index is 0.189. The third-order valence-electron chi connectivity index (χ3n) is 2.32. The third-order valence-corrected chi connectivity index (χ3v) is 2.93. The van der Waals surface area contributed by atoms with Crippen LogP contribution in [-0.4, -0.2) is 16.2 Å². The smallest absolute Gasteiger partial charge is 0.260 e. The van der Waals surface area contributed by atoms with Crippen molar-refractivity contribution in [2.45, 2.75) is 26.4 Å². The summed E-state index contributed by atoms with van der Waals surface area (Å²) in [7, 11) is 0. The van der Waals surface area contributed by atoms with Gasteiger partial charge >= 0.3 is 0 Å². The summed E-state index contributed by atoms with van der Waals surface area (Å²) in [6, 6.07) is 5.28. The van der Waals surface area contributed by atoms with Crippen LogP contribution in [0.25, 0.3) is 11.5 Å². The van der Waals surface area contributed by atoms with E-state index in [4.69, 9.17) is 4.52 Å². The van der Waals surface area contributed by atoms with Crippen molar-refractivity contribution < 1.29 is 8.91 Å². The molecule has 0 spiro atoms. The predicted molar refractivity (Wildman–Crippen MR) is 69.4 cm³/mol. The van der Waals surface area contributed by atoms with E-state index in [1.807, 2.05) is 13.8 Å². The molecule has 4 nitrogen and oxygen atoms in total. The molecule has 0 fully saturated rings. The van der Waals surface area contributed by atoms with Crippen molar-refractivity contribution in [1.29, 1.82) is 0 Å². The van der Waals surface area contributed by atoms with Crippen molar-refractivity contribution in [3.63, 3.8) is 0 Å². The number of nitrogens with one attached hydrogen (secondary N) is 1. The van der Waals surface area contributed by atoms with Crippen LogP contribution in [-0.2, 0) is 6.54 Å². The molecule has 96 valence electrons. The highest BCUT2D eigenvalue weighted by atomic mass is 79.9. The Hall–Kier alpha value is -1.27. The van der Waals surface area contributed by atoms with Gasteiger partial charge in [0.2, 0.25) is 0 Å². The lowest BCUT2D eigenvalue weighted by molar-refractivity contribution is 0.415. The molecule has 1 N–H and O–H groups in total. The summed E-state index contributed by atoms with van der Waals surface area (Å²) in [6.45, 7) is 4.54. The van der Waals surface area contributed by atoms with Crippen LogP contribution in [0, 0.1) is 5.82 Å². The molecule has 0 saturated carbocycles. The molecule has 0 aliphatic carbocycles. The molecule has 0 amide bonds. The first-order valence-electron chi connectivity index (χ1n) is 5.58. The number of benzene rings is 1. The Labute approximate surface area is 113 Å². The first-order chi connectivity index (χ1) is 8.58. The highest BCUT2D eigenvalue weighted by molar-refractivity contribution is 9.10. The van der Waals surface area contributed by atoms with Crippen LogP contribution in [0.15, 0.2) is 27.2 Å². The molecule has 0 unspecified atom stereocenters. The van der Waals surface area contributed by atoms with E-state index in [0.717, 1.165) is 0 Å². The SMILES string of the molecule is CC(C)NCc1noc(-c2cccc(Br)c2F)n1. The van der Waals surface area contributed by atoms with Crippen molar-refractivity contribution >= 4 is 15.9 Å². The Morgan fingerprint density at radius 1 is 1.44 bits per heavy atom. The summed E-state index contributed by atoms with van der Waals surface area (Å²) >= 11 is 3.12. The fourth-order valence-corrected chi connectivity index (χ4v) is 1.77. The monoisotopic (exact) mass is 313 g/mol. The first kappa shape index (κ1) is 13.2. The Morgan fingerprint density at radius 2 is 2.22 bits per heavy atom. The molecule has 0 aliphatic rings. The Balaban J connectivity index is 2.21. The Morgan fingerprint density at radius 3 is 2.94 bits per heavy atom. The van der Waals surface area contributed by atoms with E-state index in [2.05, 4.69) is 31.4 Å². The number of nitrogens with zero attached hydrogens (tertiary/aromatic N) is 2. The van der Waals surface area contributed by atoms with Gasteiger partial charge < -0.3 is 9.84 Å². The molecule has 0 saturated heterocycles. The van der Waals surface area contributed by atoms with Crippen LogP contribution < -0.4 is 5.32 Å². The van der Waals surface area contributed by atoms with Crippen molar-refractivity contribution in [3.05, 3.63) is 34.3 Å². The van der Waals surface area contributed by atoms with E-state index in [1.54, 1.807) is 18.2 Å². The topological polar surface area (TPSA) is 51.0 Å². The van der Waals surface area contributed by atoms with Crippen LogP contribution in [0.2, 0.25) is 0 Å². The number of hydrogen-bond donors (Lipinski definition) is 1. The molecular formula is C12H13BrFN3O. The fraction of sp³-hybridized carbons (Fsp3) is 0.333. The molecule has 6 heteroatoms. The molecule has 1 aromatic heterocycles. The molecule has 2 rings (SSSR count). The number of aromatic nitrogens is 2. The van der Waals surface area contributed by atoms with Crippen LogP contribution >= 0.6 is 15.9 Å². The molecule has 2 aromatic rings. The van der Waals surface area contributed by atoms with Gasteiger partial charge in [-0.05, 0) is 28.1 Å². The van der Waals surface area contributed by atoms with Gasteiger partial charge in [0.15, 0.2) is 5.82 Å². The van der Waals surface area contributed by atoms with Crippen LogP contribution in [0.4, 0.5) is 4.39 Å². The number of hydrogen-bond acceptors (Lipinski definition) is 4. The van der Waals surface area contributed by atoms with Gasteiger partial charge in [-0.25, -0.2) is 4.39 Å². The maximum absolute atomic E-state index is 13.8. The summed E-state index contributed by atoms with van der Waals surface area (Å²) < 4.78 is 19.3. The second-order valence-electron chi connectivity index (χ2n) is 4.15. The standard InChI is InChI=1S/C12H13BrFN3O/c1-7(2)15-6-10-16-12(18-17-10)8-4-3-5-9(13)11(8)14/h3-5,7,15H,6H2,1-2H3. The molecule has 0 atom stereocenters. The second kappa shape index (κ2) is 5.58. The Kier molecular flexibility index (Phi) is 4.08. The first-order valence-corrected chi connectivity index (χ1v) is 6.37. The molecule has 0 bridgehead atoms. The molecule has 0 radical (unpaired) electrons. The van der Waals surface area contributed by atoms with Crippen LogP contribution in [0.1, 0.15) is 19.7 Å². The molecule has 18 heavy (non-hydrogen) atoms. The van der Waals surface area contributed by atoms with E-state index in [1.165, 1.54) is 0 Å². The Bertz CT molecular complexity index is 542. The van der Waals surface area contributed by atoms with E-state index in [-0.39, 0.29) is 5.89 Å². The highest BCUT2D eigenvalue weighted by Crippen LogP contribution is 2.26. The molecule has 1 aromatic carbocycles. The van der Waals surface area contributed by atoms with Crippen molar-refractivity contribution in [3.8, 4) is 11.5 Å². The minimum atomic E-state index is -0.399. The summed E-state index contributed by atoms with van der Waals surface area (Å²) in [5.74, 6) is 0.303. The second-order valence-corrected chi connectivity index (χ2v) is 5.01. The van der Waals surface area contributed by atoms with Gasteiger partial charge in [-0.1, -0.05) is 25.1 Å². The third kappa shape index (κ3) is 2.94. The average molecular weight is 314 g/mol. The van der Waals surface area contributed by atoms with Gasteiger partial charge in [0.1, 0.15) is 5.82 Å². The largest absolute Gasteiger partial charge is 0.334 e. The summed E-state index contributed by atoms with van der Waals surface area (Å²) in [4.78, 5) is 4.15. The molecule has 1 heterocycles. The van der Waals surface area contributed by atoms with Crippen LogP contribution in [0.5, 0.6) is 0 Å². The van der Waals surface area contributed by atoms with Gasteiger partial charge in [0, 0.05) is 6.04 Å². The number of halogens is 2. The normalized spacial score (nSPS) is 11.2. The zero-order valence-electron chi connectivity index (χ0n) is 10.1.